The van der Waals surface area contributed by atoms with Gasteiger partial charge in [-0.15, -0.1) is 0 Å². The zero-order valence-corrected chi connectivity index (χ0v) is 9.43. The van der Waals surface area contributed by atoms with Gasteiger partial charge in [0.05, 0.1) is 0 Å². The second-order valence-electron chi connectivity index (χ2n) is 1.43. The number of hydrogen-bond donors (Lipinski definition) is 2. The van der Waals surface area contributed by atoms with E-state index in [2.05, 4.69) is 42.5 Å². The van der Waals surface area contributed by atoms with Crippen molar-refractivity contribution >= 4 is 37.2 Å². The van der Waals surface area contributed by atoms with Crippen LogP contribution >= 0.6 is 37.2 Å². The van der Waals surface area contributed by atoms with Crippen molar-refractivity contribution in [1.82, 2.24) is 5.32 Å². The van der Waals surface area contributed by atoms with Crippen molar-refractivity contribution in [1.29, 1.82) is 0 Å². The lowest BCUT2D eigenvalue weighted by Gasteiger charge is -2.02. The van der Waals surface area contributed by atoms with Gasteiger partial charge in [0, 0.05) is 49.8 Å². The minimum atomic E-state index is 0.463. The molecule has 0 aromatic heterocycles. The highest BCUT2D eigenvalue weighted by Gasteiger charge is 1.86. The molecule has 1 atom stereocenters. The molecule has 0 saturated carbocycles. The molecule has 0 radical (unpaired) electrons. The van der Waals surface area contributed by atoms with E-state index in [1.807, 2.05) is 14.0 Å². The Morgan fingerprint density at radius 3 is 2.00 bits per heavy atom. The summed E-state index contributed by atoms with van der Waals surface area (Å²) < 4.78 is 0. The highest BCUT2D eigenvalue weighted by molar-refractivity contribution is 15.0. The Morgan fingerprint density at radius 1 is 1.62 bits per heavy atom. The van der Waals surface area contributed by atoms with E-state index in [4.69, 9.17) is 5.73 Å². The molecular weight excluding hydrogens is 330 g/mol. The van der Waals surface area contributed by atoms with Crippen LogP contribution < -0.4 is 11.1 Å². The normalized spacial score (nSPS) is 11.6. The maximum atomic E-state index is 5.22. The first-order valence-electron chi connectivity index (χ1n) is 2.33. The maximum Gasteiger partial charge on any atom is 0.0158 e. The third-order valence-electron chi connectivity index (χ3n) is 0.846. The molecule has 52 valence electrons. The van der Waals surface area contributed by atoms with Gasteiger partial charge in [-0.3, -0.25) is 0 Å². The molecule has 0 bridgehead atoms. The molecule has 2 nitrogen and oxygen atoms in total. The minimum Gasteiger partial charge on any atom is -0.329 e. The Balaban J connectivity index is 0. The van der Waals surface area contributed by atoms with E-state index in [0.717, 1.165) is 6.54 Å². The molecular formula is C4H12I2N2. The van der Waals surface area contributed by atoms with Crippen LogP contribution in [0.25, 0.3) is 0 Å². The van der Waals surface area contributed by atoms with Gasteiger partial charge in [0.15, 0.2) is 0 Å². The fourth-order valence-electron chi connectivity index (χ4n) is 0.118. The highest BCUT2D eigenvalue weighted by Crippen LogP contribution is 1.89. The Labute approximate surface area is 74.3 Å². The second kappa shape index (κ2) is 11.2. The maximum absolute atomic E-state index is 5.22. The third-order valence-corrected chi connectivity index (χ3v) is 0.846. The zero-order chi connectivity index (χ0) is 6.99. The quantitative estimate of drug-likeness (QED) is 0.744. The van der Waals surface area contributed by atoms with Crippen LogP contribution in [0.5, 0.6) is 0 Å². The zero-order valence-electron chi connectivity index (χ0n) is 5.12. The predicted octanol–water partition coefficient (Wildman–Crippen LogP) is 1.32. The fourth-order valence-corrected chi connectivity index (χ4v) is 0.118. The van der Waals surface area contributed by atoms with Crippen LogP contribution in [0.1, 0.15) is 6.92 Å². The van der Waals surface area contributed by atoms with Gasteiger partial charge in [-0.1, -0.05) is 0 Å². The van der Waals surface area contributed by atoms with E-state index in [-0.39, 0.29) is 0 Å². The van der Waals surface area contributed by atoms with Crippen molar-refractivity contribution in [2.24, 2.45) is 5.73 Å². The fraction of sp³-hybridized carbons (Fsp3) is 1.00. The van der Waals surface area contributed by atoms with Crippen LogP contribution in [0, 0.1) is 0 Å². The van der Waals surface area contributed by atoms with Crippen LogP contribution in [-0.4, -0.2) is 19.6 Å². The molecule has 0 amide bonds. The van der Waals surface area contributed by atoms with Crippen LogP contribution in [-0.2, 0) is 0 Å². The van der Waals surface area contributed by atoms with E-state index in [1.54, 1.807) is 0 Å². The number of rotatable bonds is 2. The topological polar surface area (TPSA) is 38.0 Å². The molecule has 0 aliphatic rings. The summed E-state index contributed by atoms with van der Waals surface area (Å²) in [6.07, 6.45) is 0. The van der Waals surface area contributed by atoms with Gasteiger partial charge in [0.2, 0.25) is 0 Å². The van der Waals surface area contributed by atoms with Gasteiger partial charge in [-0.05, 0) is 14.0 Å². The number of hydrogen-bond acceptors (Lipinski definition) is 2. The summed E-state index contributed by atoms with van der Waals surface area (Å²) in [4.78, 5) is 0. The molecule has 1 unspecified atom stereocenters. The number of halogens is 2. The first-order chi connectivity index (χ1) is 3.81. The number of nitrogens with two attached hydrogens (primary N) is 1. The van der Waals surface area contributed by atoms with E-state index >= 15 is 0 Å². The summed E-state index contributed by atoms with van der Waals surface area (Å²) in [6, 6.07) is 0.463. The van der Waals surface area contributed by atoms with E-state index in [1.165, 1.54) is 0 Å². The van der Waals surface area contributed by atoms with Crippen molar-refractivity contribution in [3.05, 3.63) is 0 Å². The summed E-state index contributed by atoms with van der Waals surface area (Å²) >= 11 is 4.24. The lowest BCUT2D eigenvalue weighted by Crippen LogP contribution is -2.29. The van der Waals surface area contributed by atoms with Gasteiger partial charge < -0.3 is 11.1 Å². The number of nitrogens with one attached hydrogen (secondary N) is 1. The van der Waals surface area contributed by atoms with Gasteiger partial charge in [0.1, 0.15) is 0 Å². The SMILES string of the molecule is CNC(C)CN.II. The van der Waals surface area contributed by atoms with E-state index < -0.39 is 0 Å². The molecule has 0 aliphatic carbocycles. The standard InChI is InChI=1S/C4H12N2.I2/c1-4(3-5)6-2;1-2/h4,6H,3,5H2,1-2H3;. The van der Waals surface area contributed by atoms with Crippen LogP contribution in [0.2, 0.25) is 0 Å². The molecule has 0 aromatic carbocycles. The third kappa shape index (κ3) is 10.4. The molecule has 0 aromatic rings. The molecule has 3 N–H and O–H groups in total. The molecule has 0 saturated heterocycles. The Hall–Kier alpha value is 1.38. The van der Waals surface area contributed by atoms with Crippen molar-refractivity contribution in [2.75, 3.05) is 13.6 Å². The van der Waals surface area contributed by atoms with Crippen molar-refractivity contribution in [2.45, 2.75) is 13.0 Å². The Bertz CT molecular complexity index is 31.2. The average Bonchev–Trinajstić information content (AvgIpc) is 1.91. The highest BCUT2D eigenvalue weighted by atomic mass is 128. The predicted molar refractivity (Wildman–Crippen MR) is 55.6 cm³/mol. The summed E-state index contributed by atoms with van der Waals surface area (Å²) in [5.74, 6) is 0. The molecule has 0 aliphatic heterocycles. The molecule has 4 heteroatoms. The van der Waals surface area contributed by atoms with Crippen LogP contribution in [0.15, 0.2) is 0 Å². The van der Waals surface area contributed by atoms with Gasteiger partial charge >= 0.3 is 0 Å². The first kappa shape index (κ1) is 12.1. The largest absolute Gasteiger partial charge is 0.329 e. The van der Waals surface area contributed by atoms with Crippen LogP contribution in [0.4, 0.5) is 0 Å². The lowest BCUT2D eigenvalue weighted by atomic mass is 10.4. The molecule has 0 rings (SSSR count). The summed E-state index contributed by atoms with van der Waals surface area (Å²) in [6.45, 7) is 2.76. The molecule has 8 heavy (non-hydrogen) atoms. The summed E-state index contributed by atoms with van der Waals surface area (Å²) in [5.41, 5.74) is 5.22. The number of likely N-dealkylation sites (N-methyl/N-ethyl adjacent to an activating group) is 1. The average molecular weight is 342 g/mol. The van der Waals surface area contributed by atoms with Gasteiger partial charge in [-0.25, -0.2) is 0 Å². The second-order valence-corrected chi connectivity index (χ2v) is 1.43. The van der Waals surface area contributed by atoms with Gasteiger partial charge in [-0.2, -0.15) is 0 Å². The van der Waals surface area contributed by atoms with Gasteiger partial charge in [0.25, 0.3) is 0 Å². The van der Waals surface area contributed by atoms with E-state index in [9.17, 15) is 0 Å². The Morgan fingerprint density at radius 2 is 2.00 bits per heavy atom. The Kier molecular flexibility index (Phi) is 17.0. The molecule has 0 spiro atoms. The van der Waals surface area contributed by atoms with E-state index in [0.29, 0.717) is 6.04 Å². The molecule has 0 heterocycles. The van der Waals surface area contributed by atoms with Crippen LogP contribution in [0.3, 0.4) is 0 Å². The summed E-state index contributed by atoms with van der Waals surface area (Å²) in [7, 11) is 1.90. The molecule has 0 fully saturated rings. The lowest BCUT2D eigenvalue weighted by molar-refractivity contribution is 0.621. The minimum absolute atomic E-state index is 0.463. The summed E-state index contributed by atoms with van der Waals surface area (Å²) in [5, 5.41) is 2.99. The van der Waals surface area contributed by atoms with Crippen molar-refractivity contribution in [3.8, 4) is 0 Å². The first-order valence-corrected chi connectivity index (χ1v) is 8.61. The smallest absolute Gasteiger partial charge is 0.0158 e. The monoisotopic (exact) mass is 342 g/mol. The van der Waals surface area contributed by atoms with Crippen molar-refractivity contribution < 1.29 is 0 Å². The van der Waals surface area contributed by atoms with Crippen molar-refractivity contribution in [3.63, 3.8) is 0 Å².